The van der Waals surface area contributed by atoms with Crippen LogP contribution in [0.3, 0.4) is 0 Å². The van der Waals surface area contributed by atoms with Crippen molar-refractivity contribution < 1.29 is 14.3 Å². The Kier molecular flexibility index (Phi) is 7.57. The van der Waals surface area contributed by atoms with Crippen LogP contribution in [0, 0.1) is 5.92 Å². The molecule has 0 unspecified atom stereocenters. The minimum Gasteiger partial charge on any atom is -0.497 e. The zero-order chi connectivity index (χ0) is 24.1. The maximum Gasteiger partial charge on any atom is 0.327 e. The third-order valence-corrected chi connectivity index (χ3v) is 7.20. The fourth-order valence-corrected chi connectivity index (χ4v) is 5.21. The minimum absolute atomic E-state index is 0.00337. The predicted molar refractivity (Wildman–Crippen MR) is 134 cm³/mol. The van der Waals surface area contributed by atoms with Crippen molar-refractivity contribution >= 4 is 11.9 Å². The van der Waals surface area contributed by atoms with Crippen molar-refractivity contribution in [1.29, 1.82) is 0 Å². The van der Waals surface area contributed by atoms with Crippen LogP contribution in [0.25, 0.3) is 0 Å². The summed E-state index contributed by atoms with van der Waals surface area (Å²) in [6.45, 7) is 7.79. The van der Waals surface area contributed by atoms with Gasteiger partial charge >= 0.3 is 6.03 Å². The first-order chi connectivity index (χ1) is 16.4. The lowest BCUT2D eigenvalue weighted by atomic mass is 9.85. The molecule has 0 atom stereocenters. The zero-order valence-corrected chi connectivity index (χ0v) is 20.7. The fourth-order valence-electron chi connectivity index (χ4n) is 5.21. The van der Waals surface area contributed by atoms with Crippen molar-refractivity contribution in [3.63, 3.8) is 0 Å². The summed E-state index contributed by atoms with van der Waals surface area (Å²) in [4.78, 5) is 32.9. The van der Waals surface area contributed by atoms with Crippen molar-refractivity contribution in [2.45, 2.75) is 45.1 Å². The molecule has 6 heteroatoms. The van der Waals surface area contributed by atoms with Crippen LogP contribution < -0.4 is 4.74 Å². The maximum atomic E-state index is 13.6. The van der Waals surface area contributed by atoms with E-state index in [1.54, 1.807) is 7.11 Å². The molecule has 0 saturated carbocycles. The topological polar surface area (TPSA) is 53.1 Å². The molecule has 0 aliphatic carbocycles. The Morgan fingerprint density at radius 2 is 1.50 bits per heavy atom. The molecule has 182 valence electrons. The SMILES string of the molecule is COc1ccc(CCN2C(=O)N(CC(C)C)C(=O)C23CCN(CCc2ccccc2)CC3)cc1. The molecule has 4 rings (SSSR count). The largest absolute Gasteiger partial charge is 0.497 e. The number of carbonyl (C=O) groups excluding carboxylic acids is 2. The molecular weight excluding hydrogens is 426 g/mol. The number of piperidine rings is 1. The Morgan fingerprint density at radius 3 is 2.12 bits per heavy atom. The van der Waals surface area contributed by atoms with Crippen LogP contribution in [0.4, 0.5) is 4.79 Å². The molecule has 2 saturated heterocycles. The van der Waals surface area contributed by atoms with E-state index in [0.717, 1.165) is 43.8 Å². The number of hydrogen-bond acceptors (Lipinski definition) is 4. The van der Waals surface area contributed by atoms with Crippen molar-refractivity contribution in [1.82, 2.24) is 14.7 Å². The molecule has 1 spiro atoms. The quantitative estimate of drug-likeness (QED) is 0.522. The van der Waals surface area contributed by atoms with Crippen LogP contribution >= 0.6 is 0 Å². The van der Waals surface area contributed by atoms with Crippen molar-refractivity contribution in [3.8, 4) is 5.75 Å². The average Bonchev–Trinajstić information content (AvgIpc) is 3.04. The minimum atomic E-state index is -0.707. The normalized spacial score (nSPS) is 18.4. The van der Waals surface area contributed by atoms with E-state index in [2.05, 4.69) is 43.0 Å². The number of carbonyl (C=O) groups is 2. The number of urea groups is 1. The summed E-state index contributed by atoms with van der Waals surface area (Å²) in [5.41, 5.74) is 1.76. The summed E-state index contributed by atoms with van der Waals surface area (Å²) < 4.78 is 5.26. The van der Waals surface area contributed by atoms with E-state index in [0.29, 0.717) is 25.9 Å². The molecule has 0 radical (unpaired) electrons. The maximum absolute atomic E-state index is 13.6. The average molecular weight is 464 g/mol. The van der Waals surface area contributed by atoms with Crippen molar-refractivity contribution in [2.75, 3.05) is 39.8 Å². The highest BCUT2D eigenvalue weighted by Crippen LogP contribution is 2.38. The number of imide groups is 1. The van der Waals surface area contributed by atoms with Gasteiger partial charge < -0.3 is 14.5 Å². The number of nitrogens with zero attached hydrogens (tertiary/aromatic N) is 3. The Labute approximate surface area is 203 Å². The van der Waals surface area contributed by atoms with Gasteiger partial charge in [0, 0.05) is 32.7 Å². The van der Waals surface area contributed by atoms with E-state index in [1.807, 2.05) is 35.2 Å². The van der Waals surface area contributed by atoms with E-state index in [4.69, 9.17) is 4.74 Å². The zero-order valence-electron chi connectivity index (χ0n) is 20.7. The lowest BCUT2D eigenvalue weighted by Crippen LogP contribution is -2.57. The lowest BCUT2D eigenvalue weighted by molar-refractivity contribution is -0.136. The Balaban J connectivity index is 1.45. The lowest BCUT2D eigenvalue weighted by Gasteiger charge is -2.42. The molecular formula is C28H37N3O3. The molecule has 34 heavy (non-hydrogen) atoms. The number of amides is 3. The summed E-state index contributed by atoms with van der Waals surface area (Å²) in [7, 11) is 1.66. The molecule has 2 heterocycles. The summed E-state index contributed by atoms with van der Waals surface area (Å²) >= 11 is 0. The summed E-state index contributed by atoms with van der Waals surface area (Å²) in [5, 5.41) is 0. The molecule has 6 nitrogen and oxygen atoms in total. The summed E-state index contributed by atoms with van der Waals surface area (Å²) in [6, 6.07) is 18.4. The number of likely N-dealkylation sites (tertiary alicyclic amines) is 1. The molecule has 2 aromatic rings. The van der Waals surface area contributed by atoms with Gasteiger partial charge in [0.15, 0.2) is 0 Å². The summed E-state index contributed by atoms with van der Waals surface area (Å²) in [5.74, 6) is 1.07. The first-order valence-corrected chi connectivity index (χ1v) is 12.5. The van der Waals surface area contributed by atoms with Gasteiger partial charge in [0.1, 0.15) is 11.3 Å². The molecule has 2 aliphatic rings. The van der Waals surface area contributed by atoms with Crippen molar-refractivity contribution in [2.24, 2.45) is 5.92 Å². The molecule has 0 bridgehead atoms. The van der Waals surface area contributed by atoms with E-state index < -0.39 is 5.54 Å². The van der Waals surface area contributed by atoms with Gasteiger partial charge in [-0.05, 0) is 54.9 Å². The van der Waals surface area contributed by atoms with Gasteiger partial charge in [-0.2, -0.15) is 0 Å². The second-order valence-electron chi connectivity index (χ2n) is 9.95. The van der Waals surface area contributed by atoms with Gasteiger partial charge in [0.2, 0.25) is 0 Å². The van der Waals surface area contributed by atoms with Gasteiger partial charge in [-0.25, -0.2) is 4.79 Å². The van der Waals surface area contributed by atoms with Crippen LogP contribution in [0.2, 0.25) is 0 Å². The number of hydrogen-bond donors (Lipinski definition) is 0. The van der Waals surface area contributed by atoms with Crippen molar-refractivity contribution in [3.05, 3.63) is 65.7 Å². The van der Waals surface area contributed by atoms with Crippen LogP contribution in [-0.2, 0) is 17.6 Å². The molecule has 3 amide bonds. The third kappa shape index (κ3) is 5.12. The van der Waals surface area contributed by atoms with E-state index in [9.17, 15) is 9.59 Å². The second-order valence-corrected chi connectivity index (χ2v) is 9.95. The van der Waals surface area contributed by atoms with Crippen LogP contribution in [0.15, 0.2) is 54.6 Å². The number of rotatable bonds is 9. The Hall–Kier alpha value is -2.86. The van der Waals surface area contributed by atoms with Gasteiger partial charge in [0.05, 0.1) is 7.11 Å². The van der Waals surface area contributed by atoms with E-state index in [-0.39, 0.29) is 17.9 Å². The molecule has 2 aromatic carbocycles. The summed E-state index contributed by atoms with van der Waals surface area (Å²) in [6.07, 6.45) is 3.12. The smallest absolute Gasteiger partial charge is 0.327 e. The highest BCUT2D eigenvalue weighted by Gasteiger charge is 2.57. The standard InChI is InChI=1S/C28H37N3O3/c1-22(2)21-30-26(32)28(15-19-29(20-16-28)17-13-23-7-5-4-6-8-23)31(27(30)33)18-14-24-9-11-25(34-3)12-10-24/h4-12,22H,13-21H2,1-3H3. The molecule has 2 fully saturated rings. The molecule has 2 aliphatic heterocycles. The van der Waals surface area contributed by atoms with E-state index >= 15 is 0 Å². The molecule has 0 N–H and O–H groups in total. The van der Waals surface area contributed by atoms with Crippen LogP contribution in [-0.4, -0.2) is 72.0 Å². The highest BCUT2D eigenvalue weighted by molar-refractivity contribution is 6.07. The highest BCUT2D eigenvalue weighted by atomic mass is 16.5. The van der Waals surface area contributed by atoms with Gasteiger partial charge in [0.25, 0.3) is 5.91 Å². The Bertz CT molecular complexity index is 966. The van der Waals surface area contributed by atoms with Crippen LogP contribution in [0.5, 0.6) is 5.75 Å². The number of ether oxygens (including phenoxy) is 1. The second kappa shape index (κ2) is 10.6. The first-order valence-electron chi connectivity index (χ1n) is 12.5. The van der Waals surface area contributed by atoms with Gasteiger partial charge in [-0.15, -0.1) is 0 Å². The first kappa shape index (κ1) is 24.3. The number of methoxy groups -OCH3 is 1. The van der Waals surface area contributed by atoms with Gasteiger partial charge in [-0.3, -0.25) is 9.69 Å². The third-order valence-electron chi connectivity index (χ3n) is 7.20. The number of benzene rings is 2. The van der Waals surface area contributed by atoms with Gasteiger partial charge in [-0.1, -0.05) is 56.3 Å². The Morgan fingerprint density at radius 1 is 0.882 bits per heavy atom. The monoisotopic (exact) mass is 463 g/mol. The van der Waals surface area contributed by atoms with E-state index in [1.165, 1.54) is 10.5 Å². The fraction of sp³-hybridized carbons (Fsp3) is 0.500. The molecule has 0 aromatic heterocycles. The van der Waals surface area contributed by atoms with Crippen LogP contribution in [0.1, 0.15) is 37.8 Å². The predicted octanol–water partition coefficient (Wildman–Crippen LogP) is 4.24.